The third kappa shape index (κ3) is 3.75. The van der Waals surface area contributed by atoms with Gasteiger partial charge in [-0.25, -0.2) is 4.98 Å². The first-order valence-corrected chi connectivity index (χ1v) is 10.8. The number of hydrogen-bond donors (Lipinski definition) is 1. The molecule has 2 atom stereocenters. The number of aryl methyl sites for hydroxylation is 1. The molecule has 30 heavy (non-hydrogen) atoms. The second-order valence-electron chi connectivity index (χ2n) is 8.49. The van der Waals surface area contributed by atoms with E-state index >= 15 is 0 Å². The number of nitrogens with zero attached hydrogens (tertiary/aromatic N) is 3. The highest BCUT2D eigenvalue weighted by Crippen LogP contribution is 2.33. The smallest absolute Gasteiger partial charge is 0.213 e. The van der Waals surface area contributed by atoms with E-state index in [9.17, 15) is 4.39 Å². The molecule has 5 heteroatoms. The number of pyridine rings is 2. The Balaban J connectivity index is 1.36. The number of benzene rings is 1. The van der Waals surface area contributed by atoms with E-state index in [0.29, 0.717) is 12.1 Å². The third-order valence-corrected chi connectivity index (χ3v) is 6.55. The van der Waals surface area contributed by atoms with E-state index in [0.717, 1.165) is 43.5 Å². The average molecular weight is 403 g/mol. The van der Waals surface area contributed by atoms with Crippen LogP contribution in [-0.2, 0) is 19.4 Å². The highest BCUT2D eigenvalue weighted by molar-refractivity contribution is 5.69. The number of halogens is 1. The lowest BCUT2D eigenvalue weighted by molar-refractivity contribution is 0.191. The summed E-state index contributed by atoms with van der Waals surface area (Å²) in [5, 5.41) is 3.71. The number of nitrogens with one attached hydrogen (secondary N) is 1. The lowest BCUT2D eigenvalue weighted by Gasteiger charge is -2.36. The fourth-order valence-electron chi connectivity index (χ4n) is 5.07. The molecule has 0 saturated carbocycles. The van der Waals surface area contributed by atoms with E-state index in [1.165, 1.54) is 34.9 Å². The van der Waals surface area contributed by atoms with E-state index in [-0.39, 0.29) is 0 Å². The number of hydrogen-bond acceptors (Lipinski definition) is 4. The fraction of sp³-hybridized carbons (Fsp3) is 0.360. The standard InChI is InChI=1S/C25H27FN4/c1-30(23-9-3-5-17-7-4-11-28-25(17)23)16-20-14-22-19(15-29-20)6-2-8-21(22)18-10-12-27-24(26)13-18/h2,4,6-8,10-13,20,23,29H,3,5,9,14-16H2,1H3/t20-,23-/m0/s1. The van der Waals surface area contributed by atoms with Gasteiger partial charge in [-0.3, -0.25) is 9.88 Å². The van der Waals surface area contributed by atoms with Crippen LogP contribution in [0, 0.1) is 5.95 Å². The van der Waals surface area contributed by atoms with Crippen LogP contribution in [0.5, 0.6) is 0 Å². The van der Waals surface area contributed by atoms with Gasteiger partial charge in [-0.05, 0) is 72.7 Å². The normalized spacial score (nSPS) is 20.6. The van der Waals surface area contributed by atoms with Crippen molar-refractivity contribution < 1.29 is 4.39 Å². The average Bonchev–Trinajstić information content (AvgIpc) is 2.78. The van der Waals surface area contributed by atoms with Crippen molar-refractivity contribution in [2.75, 3.05) is 13.6 Å². The number of rotatable bonds is 4. The van der Waals surface area contributed by atoms with Crippen LogP contribution in [0.15, 0.2) is 54.9 Å². The van der Waals surface area contributed by atoms with Crippen LogP contribution in [0.2, 0.25) is 0 Å². The Morgan fingerprint density at radius 3 is 2.90 bits per heavy atom. The summed E-state index contributed by atoms with van der Waals surface area (Å²) in [5.74, 6) is -0.432. The summed E-state index contributed by atoms with van der Waals surface area (Å²) >= 11 is 0. The molecule has 3 aromatic rings. The van der Waals surface area contributed by atoms with Crippen molar-refractivity contribution in [1.82, 2.24) is 20.2 Å². The summed E-state index contributed by atoms with van der Waals surface area (Å²) < 4.78 is 13.7. The van der Waals surface area contributed by atoms with Crippen LogP contribution >= 0.6 is 0 Å². The molecule has 5 rings (SSSR count). The number of likely N-dealkylation sites (N-methyl/N-ethyl adjacent to an activating group) is 1. The van der Waals surface area contributed by atoms with Crippen molar-refractivity contribution in [3.8, 4) is 11.1 Å². The molecular formula is C25H27FN4. The Labute approximate surface area is 177 Å². The summed E-state index contributed by atoms with van der Waals surface area (Å²) in [6.07, 6.45) is 7.90. The third-order valence-electron chi connectivity index (χ3n) is 6.55. The van der Waals surface area contributed by atoms with Gasteiger partial charge in [-0.2, -0.15) is 4.39 Å². The molecule has 3 heterocycles. The first kappa shape index (κ1) is 19.3. The van der Waals surface area contributed by atoms with Crippen LogP contribution < -0.4 is 5.32 Å². The Kier molecular flexibility index (Phi) is 5.32. The van der Waals surface area contributed by atoms with E-state index in [1.807, 2.05) is 18.3 Å². The van der Waals surface area contributed by atoms with E-state index < -0.39 is 5.95 Å². The molecular weight excluding hydrogens is 375 g/mol. The maximum absolute atomic E-state index is 13.7. The van der Waals surface area contributed by atoms with E-state index in [2.05, 4.69) is 46.5 Å². The molecule has 0 saturated heterocycles. The molecule has 0 bridgehead atoms. The monoisotopic (exact) mass is 402 g/mol. The maximum Gasteiger partial charge on any atom is 0.213 e. The summed E-state index contributed by atoms with van der Waals surface area (Å²) in [7, 11) is 2.22. The van der Waals surface area contributed by atoms with Gasteiger partial charge in [0.2, 0.25) is 5.95 Å². The first-order valence-electron chi connectivity index (χ1n) is 10.8. The molecule has 154 valence electrons. The van der Waals surface area contributed by atoms with Crippen LogP contribution in [0.25, 0.3) is 11.1 Å². The topological polar surface area (TPSA) is 41.1 Å². The Morgan fingerprint density at radius 2 is 2.00 bits per heavy atom. The van der Waals surface area contributed by atoms with Crippen LogP contribution in [0.3, 0.4) is 0 Å². The van der Waals surface area contributed by atoms with Crippen LogP contribution in [0.4, 0.5) is 4.39 Å². The molecule has 1 aliphatic heterocycles. The summed E-state index contributed by atoms with van der Waals surface area (Å²) in [5.41, 5.74) is 7.28. The Morgan fingerprint density at radius 1 is 1.10 bits per heavy atom. The minimum atomic E-state index is -0.432. The zero-order valence-electron chi connectivity index (χ0n) is 17.3. The minimum Gasteiger partial charge on any atom is -0.308 e. The number of fused-ring (bicyclic) bond motifs is 2. The predicted octanol–water partition coefficient (Wildman–Crippen LogP) is 4.31. The molecule has 0 spiro atoms. The molecule has 0 unspecified atom stereocenters. The highest BCUT2D eigenvalue weighted by atomic mass is 19.1. The van der Waals surface area contributed by atoms with Crippen molar-refractivity contribution in [3.05, 3.63) is 83.2 Å². The van der Waals surface area contributed by atoms with Gasteiger partial charge in [-0.1, -0.05) is 24.3 Å². The molecule has 0 radical (unpaired) electrons. The van der Waals surface area contributed by atoms with Crippen molar-refractivity contribution in [1.29, 1.82) is 0 Å². The quantitative estimate of drug-likeness (QED) is 0.661. The Bertz CT molecular complexity index is 1050. The summed E-state index contributed by atoms with van der Waals surface area (Å²) in [6, 6.07) is 14.8. The van der Waals surface area contributed by atoms with Gasteiger partial charge in [0.25, 0.3) is 0 Å². The van der Waals surface area contributed by atoms with Gasteiger partial charge in [0.05, 0.1) is 11.7 Å². The van der Waals surface area contributed by atoms with Crippen molar-refractivity contribution in [2.45, 2.75) is 44.3 Å². The minimum absolute atomic E-state index is 0.351. The van der Waals surface area contributed by atoms with Gasteiger partial charge in [0.1, 0.15) is 0 Å². The number of aromatic nitrogens is 2. The van der Waals surface area contributed by atoms with Crippen molar-refractivity contribution in [2.24, 2.45) is 0 Å². The molecule has 1 aromatic carbocycles. The second-order valence-corrected chi connectivity index (χ2v) is 8.49. The molecule has 0 fully saturated rings. The molecule has 2 aliphatic rings. The van der Waals surface area contributed by atoms with Gasteiger partial charge in [-0.15, -0.1) is 0 Å². The Hall–Kier alpha value is -2.63. The summed E-state index contributed by atoms with van der Waals surface area (Å²) in [4.78, 5) is 10.9. The molecule has 1 N–H and O–H groups in total. The van der Waals surface area contributed by atoms with Crippen molar-refractivity contribution >= 4 is 0 Å². The lowest BCUT2D eigenvalue weighted by Crippen LogP contribution is -2.45. The summed E-state index contributed by atoms with van der Waals surface area (Å²) in [6.45, 7) is 1.80. The van der Waals surface area contributed by atoms with E-state index in [4.69, 9.17) is 4.98 Å². The van der Waals surface area contributed by atoms with Crippen LogP contribution in [0.1, 0.15) is 41.3 Å². The zero-order valence-corrected chi connectivity index (χ0v) is 17.3. The molecule has 2 aromatic heterocycles. The van der Waals surface area contributed by atoms with Gasteiger partial charge >= 0.3 is 0 Å². The lowest BCUT2D eigenvalue weighted by atomic mass is 9.87. The zero-order chi connectivity index (χ0) is 20.5. The predicted molar refractivity (Wildman–Crippen MR) is 117 cm³/mol. The fourth-order valence-corrected chi connectivity index (χ4v) is 5.07. The molecule has 1 aliphatic carbocycles. The largest absolute Gasteiger partial charge is 0.308 e. The van der Waals surface area contributed by atoms with Gasteiger partial charge in [0, 0.05) is 37.6 Å². The molecule has 0 amide bonds. The van der Waals surface area contributed by atoms with Gasteiger partial charge < -0.3 is 5.32 Å². The first-order chi connectivity index (χ1) is 14.7. The van der Waals surface area contributed by atoms with E-state index in [1.54, 1.807) is 6.20 Å². The molecule has 4 nitrogen and oxygen atoms in total. The van der Waals surface area contributed by atoms with Gasteiger partial charge in [0.15, 0.2) is 0 Å². The van der Waals surface area contributed by atoms with Crippen molar-refractivity contribution in [3.63, 3.8) is 0 Å². The highest BCUT2D eigenvalue weighted by Gasteiger charge is 2.28. The SMILES string of the molecule is CN(C[C@@H]1Cc2c(cccc2-c2ccnc(F)c2)CN1)[C@H]1CCCc2cccnc21. The van der Waals surface area contributed by atoms with Crippen LogP contribution in [-0.4, -0.2) is 34.5 Å². The maximum atomic E-state index is 13.7. The second kappa shape index (κ2) is 8.25.